The smallest absolute Gasteiger partial charge is 0.188 e. The maximum Gasteiger partial charge on any atom is 0.188 e. The molecule has 0 radical (unpaired) electrons. The molecule has 1 heterocycles. The summed E-state index contributed by atoms with van der Waals surface area (Å²) in [4.78, 5) is 20.1. The number of carbonyl (C=O) groups excluding carboxylic acids is 1. The second kappa shape index (κ2) is 9.16. The molecule has 0 fully saturated rings. The summed E-state index contributed by atoms with van der Waals surface area (Å²) in [5, 5.41) is 11.3. The molecule has 0 aliphatic heterocycles. The molecule has 0 spiro atoms. The van der Waals surface area contributed by atoms with Crippen molar-refractivity contribution in [2.24, 2.45) is 0 Å². The van der Waals surface area contributed by atoms with E-state index in [2.05, 4.69) is 4.98 Å². The van der Waals surface area contributed by atoms with Crippen molar-refractivity contribution in [3.8, 4) is 22.1 Å². The molecule has 0 atom stereocenters. The predicted octanol–water partition coefficient (Wildman–Crippen LogP) is 5.42. The number of ether oxygens (including phenoxy) is 1. The molecular weight excluding hydrogens is 420 g/mol. The Labute approximate surface area is 185 Å². The van der Waals surface area contributed by atoms with E-state index in [1.807, 2.05) is 50.9 Å². The van der Waals surface area contributed by atoms with Gasteiger partial charge >= 0.3 is 0 Å². The molecule has 0 bridgehead atoms. The average molecular weight is 445 g/mol. The Kier molecular flexibility index (Phi) is 6.81. The van der Waals surface area contributed by atoms with Gasteiger partial charge in [0.1, 0.15) is 16.5 Å². The minimum absolute atomic E-state index is 0.0268. The topological polar surface area (TPSA) is 62.7 Å². The number of thiazole rings is 1. The number of aryl methyl sites for hydroxylation is 3. The molecule has 0 saturated heterocycles. The van der Waals surface area contributed by atoms with Crippen LogP contribution >= 0.6 is 22.9 Å². The van der Waals surface area contributed by atoms with E-state index in [0.29, 0.717) is 33.6 Å². The molecule has 1 N–H and O–H groups in total. The number of ketones is 1. The number of methoxy groups -OCH3 is 1. The largest absolute Gasteiger partial charge is 0.507 e. The van der Waals surface area contributed by atoms with Crippen LogP contribution in [0.15, 0.2) is 30.3 Å². The monoisotopic (exact) mass is 444 g/mol. The van der Waals surface area contributed by atoms with Crippen LogP contribution in [-0.4, -0.2) is 41.5 Å². The number of benzene rings is 2. The number of rotatable bonds is 7. The van der Waals surface area contributed by atoms with E-state index in [-0.39, 0.29) is 12.3 Å². The molecule has 0 saturated carbocycles. The maximum atomic E-state index is 12.9. The highest BCUT2D eigenvalue weighted by Gasteiger charge is 2.20. The van der Waals surface area contributed by atoms with Crippen molar-refractivity contribution in [3.05, 3.63) is 62.6 Å². The van der Waals surface area contributed by atoms with E-state index in [4.69, 9.17) is 16.3 Å². The molecular formula is C23H25ClN2O3S. The summed E-state index contributed by atoms with van der Waals surface area (Å²) in [6.45, 7) is 6.50. The first-order valence-electron chi connectivity index (χ1n) is 9.51. The van der Waals surface area contributed by atoms with Crippen molar-refractivity contribution in [2.45, 2.75) is 27.3 Å². The van der Waals surface area contributed by atoms with Crippen LogP contribution < -0.4 is 4.74 Å². The number of aromatic hydroxyl groups is 1. The zero-order valence-electron chi connectivity index (χ0n) is 17.7. The lowest BCUT2D eigenvalue weighted by molar-refractivity contribution is 0.0946. The summed E-state index contributed by atoms with van der Waals surface area (Å²) in [6.07, 6.45) is 0. The minimum Gasteiger partial charge on any atom is -0.507 e. The lowest BCUT2D eigenvalue weighted by Gasteiger charge is -2.17. The summed E-state index contributed by atoms with van der Waals surface area (Å²) in [6, 6.07) is 9.28. The van der Waals surface area contributed by atoms with Crippen molar-refractivity contribution in [1.82, 2.24) is 9.88 Å². The molecule has 7 heteroatoms. The molecule has 158 valence electrons. The van der Waals surface area contributed by atoms with Crippen LogP contribution in [0.4, 0.5) is 0 Å². The van der Waals surface area contributed by atoms with E-state index in [0.717, 1.165) is 27.3 Å². The Morgan fingerprint density at radius 1 is 1.20 bits per heavy atom. The number of nitrogens with zero attached hydrogens (tertiary/aromatic N) is 2. The van der Waals surface area contributed by atoms with Crippen LogP contribution in [0.2, 0.25) is 5.02 Å². The minimum atomic E-state index is 0.0268. The van der Waals surface area contributed by atoms with Crippen molar-refractivity contribution in [1.29, 1.82) is 0 Å². The van der Waals surface area contributed by atoms with E-state index >= 15 is 0 Å². The molecule has 0 aliphatic carbocycles. The molecule has 0 aliphatic rings. The van der Waals surface area contributed by atoms with Crippen LogP contribution in [0, 0.1) is 20.8 Å². The molecule has 5 nitrogen and oxygen atoms in total. The van der Waals surface area contributed by atoms with E-state index in [1.54, 1.807) is 19.2 Å². The highest BCUT2D eigenvalue weighted by Crippen LogP contribution is 2.36. The SMILES string of the molecule is COc1cc(Cl)ccc1-c1nc(C)c(C(=O)CN(C)Cc2cc(C)c(O)c(C)c2)s1. The van der Waals surface area contributed by atoms with Crippen LogP contribution in [0.1, 0.15) is 32.1 Å². The number of phenols is 1. The van der Waals surface area contributed by atoms with Gasteiger partial charge in [0.05, 0.1) is 29.8 Å². The lowest BCUT2D eigenvalue weighted by Crippen LogP contribution is -2.25. The number of hydrogen-bond acceptors (Lipinski definition) is 6. The van der Waals surface area contributed by atoms with Crippen LogP contribution in [0.5, 0.6) is 11.5 Å². The number of Topliss-reactive ketones (excluding diaryl/α,β-unsaturated/α-hetero) is 1. The molecule has 3 aromatic rings. The van der Waals surface area contributed by atoms with Crippen LogP contribution in [0.25, 0.3) is 10.6 Å². The van der Waals surface area contributed by atoms with Gasteiger partial charge in [0, 0.05) is 11.6 Å². The molecule has 1 aromatic heterocycles. The fourth-order valence-corrected chi connectivity index (χ4v) is 4.62. The Hall–Kier alpha value is -2.41. The first-order chi connectivity index (χ1) is 14.2. The third-order valence-electron chi connectivity index (χ3n) is 4.86. The van der Waals surface area contributed by atoms with Gasteiger partial charge in [-0.25, -0.2) is 4.98 Å². The Bertz CT molecular complexity index is 1070. The standard InChI is InChI=1S/C23H25ClN2O3S/c1-13-8-16(9-14(2)21(13)28)11-26(4)12-19(27)22-15(3)25-23(30-22)18-7-6-17(24)10-20(18)29-5/h6-10,28H,11-12H2,1-5H3. The van der Waals surface area contributed by atoms with Crippen molar-refractivity contribution >= 4 is 28.7 Å². The molecule has 30 heavy (non-hydrogen) atoms. The fraction of sp³-hybridized carbons (Fsp3) is 0.304. The second-order valence-corrected chi connectivity index (χ2v) is 8.89. The van der Waals surface area contributed by atoms with Gasteiger partial charge in [-0.1, -0.05) is 23.7 Å². The molecule has 0 unspecified atom stereocenters. The Morgan fingerprint density at radius 2 is 1.87 bits per heavy atom. The van der Waals surface area contributed by atoms with Crippen molar-refractivity contribution < 1.29 is 14.6 Å². The first-order valence-corrected chi connectivity index (χ1v) is 10.7. The Balaban J connectivity index is 1.76. The predicted molar refractivity (Wildman–Crippen MR) is 122 cm³/mol. The first kappa shape index (κ1) is 22.3. The number of phenolic OH excluding ortho intramolecular Hbond substituents is 1. The zero-order valence-corrected chi connectivity index (χ0v) is 19.3. The third kappa shape index (κ3) is 4.83. The van der Waals surface area contributed by atoms with Crippen LogP contribution in [-0.2, 0) is 6.54 Å². The Morgan fingerprint density at radius 3 is 2.50 bits per heavy atom. The number of aromatic nitrogens is 1. The number of hydrogen-bond donors (Lipinski definition) is 1. The highest BCUT2D eigenvalue weighted by atomic mass is 35.5. The van der Waals surface area contributed by atoms with Gasteiger partial charge in [-0.3, -0.25) is 9.69 Å². The summed E-state index contributed by atoms with van der Waals surface area (Å²) >= 11 is 7.42. The molecule has 0 amide bonds. The summed E-state index contributed by atoms with van der Waals surface area (Å²) < 4.78 is 5.42. The summed E-state index contributed by atoms with van der Waals surface area (Å²) in [5.41, 5.74) is 4.26. The third-order valence-corrected chi connectivity index (χ3v) is 6.33. The van der Waals surface area contributed by atoms with Gasteiger partial charge in [-0.05, 0) is 62.7 Å². The van der Waals surface area contributed by atoms with Crippen molar-refractivity contribution in [2.75, 3.05) is 20.7 Å². The lowest BCUT2D eigenvalue weighted by atomic mass is 10.1. The number of carbonyl (C=O) groups is 1. The van der Waals surface area contributed by atoms with E-state index in [1.165, 1.54) is 11.3 Å². The van der Waals surface area contributed by atoms with Gasteiger partial charge in [0.25, 0.3) is 0 Å². The van der Waals surface area contributed by atoms with Crippen LogP contribution in [0.3, 0.4) is 0 Å². The fourth-order valence-electron chi connectivity index (χ4n) is 3.43. The van der Waals surface area contributed by atoms with Gasteiger partial charge in [0.15, 0.2) is 5.78 Å². The van der Waals surface area contributed by atoms with Gasteiger partial charge < -0.3 is 9.84 Å². The maximum absolute atomic E-state index is 12.9. The second-order valence-electron chi connectivity index (χ2n) is 7.45. The normalized spacial score (nSPS) is 11.2. The molecule has 3 rings (SSSR count). The van der Waals surface area contributed by atoms with E-state index < -0.39 is 0 Å². The van der Waals surface area contributed by atoms with Gasteiger partial charge in [-0.15, -0.1) is 11.3 Å². The zero-order chi connectivity index (χ0) is 22.0. The van der Waals surface area contributed by atoms with Crippen molar-refractivity contribution in [3.63, 3.8) is 0 Å². The average Bonchev–Trinajstić information content (AvgIpc) is 3.07. The highest BCUT2D eigenvalue weighted by molar-refractivity contribution is 7.17. The van der Waals surface area contributed by atoms with Gasteiger partial charge in [-0.2, -0.15) is 0 Å². The van der Waals surface area contributed by atoms with Gasteiger partial charge in [0.2, 0.25) is 0 Å². The quantitative estimate of drug-likeness (QED) is 0.493. The summed E-state index contributed by atoms with van der Waals surface area (Å²) in [5.74, 6) is 0.979. The summed E-state index contributed by atoms with van der Waals surface area (Å²) in [7, 11) is 3.50. The number of likely N-dealkylation sites (N-methyl/N-ethyl adjacent to an activating group) is 1. The van der Waals surface area contributed by atoms with E-state index in [9.17, 15) is 9.90 Å². The molecule has 2 aromatic carbocycles. The number of halogens is 1.